The van der Waals surface area contributed by atoms with Gasteiger partial charge in [0.2, 0.25) is 0 Å². The Labute approximate surface area is 187 Å². The van der Waals surface area contributed by atoms with E-state index in [1.165, 1.54) is 23.1 Å². The first-order valence-electron chi connectivity index (χ1n) is 11.0. The zero-order valence-electron chi connectivity index (χ0n) is 18.0. The van der Waals surface area contributed by atoms with Crippen LogP contribution >= 0.6 is 11.3 Å². The largest absolute Gasteiger partial charge is 0.493 e. The van der Waals surface area contributed by atoms with Gasteiger partial charge in [-0.2, -0.15) is 0 Å². The van der Waals surface area contributed by atoms with E-state index in [1.54, 1.807) is 18.4 Å². The number of fused-ring (bicyclic) bond motifs is 1. The third kappa shape index (κ3) is 3.70. The number of para-hydroxylation sites is 1. The van der Waals surface area contributed by atoms with E-state index in [4.69, 9.17) is 14.5 Å². The molecule has 1 fully saturated rings. The van der Waals surface area contributed by atoms with Gasteiger partial charge in [-0.15, -0.1) is 11.3 Å². The Morgan fingerprint density at radius 1 is 0.871 bits per heavy atom. The molecule has 158 valence electrons. The van der Waals surface area contributed by atoms with E-state index in [1.807, 2.05) is 12.1 Å². The van der Waals surface area contributed by atoms with E-state index in [-0.39, 0.29) is 6.10 Å². The van der Waals surface area contributed by atoms with Crippen LogP contribution in [0.3, 0.4) is 0 Å². The lowest BCUT2D eigenvalue weighted by molar-refractivity contribution is 0.200. The maximum atomic E-state index is 6.42. The van der Waals surface area contributed by atoms with Gasteiger partial charge in [0.15, 0.2) is 11.5 Å². The summed E-state index contributed by atoms with van der Waals surface area (Å²) in [7, 11) is 1.71. The van der Waals surface area contributed by atoms with Crippen LogP contribution in [0.4, 0.5) is 0 Å². The first kappa shape index (κ1) is 20.1. The van der Waals surface area contributed by atoms with Crippen LogP contribution in [0.1, 0.15) is 48.7 Å². The predicted octanol–water partition coefficient (Wildman–Crippen LogP) is 6.98. The van der Waals surface area contributed by atoms with Crippen molar-refractivity contribution in [3.63, 3.8) is 0 Å². The number of thiazole rings is 1. The minimum atomic E-state index is -0.398. The minimum absolute atomic E-state index is 0.273. The summed E-state index contributed by atoms with van der Waals surface area (Å²) >= 11 is 1.76. The van der Waals surface area contributed by atoms with Gasteiger partial charge in [0.1, 0.15) is 5.01 Å². The van der Waals surface area contributed by atoms with Crippen LogP contribution in [0, 0.1) is 0 Å². The van der Waals surface area contributed by atoms with Crippen molar-refractivity contribution in [2.45, 2.75) is 44.1 Å². The van der Waals surface area contributed by atoms with Crippen molar-refractivity contribution in [1.82, 2.24) is 4.98 Å². The topological polar surface area (TPSA) is 31.4 Å². The first-order valence-corrected chi connectivity index (χ1v) is 11.8. The minimum Gasteiger partial charge on any atom is -0.493 e. The molecule has 3 nitrogen and oxygen atoms in total. The summed E-state index contributed by atoms with van der Waals surface area (Å²) < 4.78 is 13.3. The van der Waals surface area contributed by atoms with Crippen molar-refractivity contribution in [3.8, 4) is 11.5 Å². The van der Waals surface area contributed by atoms with E-state index in [0.29, 0.717) is 0 Å². The SMILES string of the molecule is COc1ccc(C(C)(c2ccccc2)c2nc3ccccc3s2)cc1OC1CCCC1. The third-order valence-corrected chi connectivity index (χ3v) is 7.67. The lowest BCUT2D eigenvalue weighted by Crippen LogP contribution is -2.25. The molecule has 4 heteroatoms. The van der Waals surface area contributed by atoms with Gasteiger partial charge >= 0.3 is 0 Å². The van der Waals surface area contributed by atoms with E-state index in [0.717, 1.165) is 40.4 Å². The molecule has 1 aromatic heterocycles. The molecule has 1 heterocycles. The average molecular weight is 430 g/mol. The summed E-state index contributed by atoms with van der Waals surface area (Å²) in [6.45, 7) is 2.27. The van der Waals surface area contributed by atoms with Crippen LogP contribution in [0.5, 0.6) is 11.5 Å². The highest BCUT2D eigenvalue weighted by atomic mass is 32.1. The Morgan fingerprint density at radius 3 is 2.35 bits per heavy atom. The first-order chi connectivity index (χ1) is 15.2. The quantitative estimate of drug-likeness (QED) is 0.331. The van der Waals surface area contributed by atoms with Crippen LogP contribution in [-0.2, 0) is 5.41 Å². The molecular formula is C27H27NO2S. The van der Waals surface area contributed by atoms with Crippen molar-refractivity contribution < 1.29 is 9.47 Å². The Bertz CT molecular complexity index is 1150. The maximum Gasteiger partial charge on any atom is 0.161 e. The van der Waals surface area contributed by atoms with E-state index < -0.39 is 5.41 Å². The fourth-order valence-corrected chi connectivity index (χ4v) is 5.69. The molecular weight excluding hydrogens is 402 g/mol. The van der Waals surface area contributed by atoms with Gasteiger partial charge < -0.3 is 9.47 Å². The summed E-state index contributed by atoms with van der Waals surface area (Å²) in [6, 6.07) is 25.3. The number of benzene rings is 3. The smallest absolute Gasteiger partial charge is 0.161 e. The van der Waals surface area contributed by atoms with E-state index >= 15 is 0 Å². The zero-order chi connectivity index (χ0) is 21.3. The second-order valence-electron chi connectivity index (χ2n) is 8.37. The van der Waals surface area contributed by atoms with Gasteiger partial charge in [-0.1, -0.05) is 48.5 Å². The van der Waals surface area contributed by atoms with E-state index in [2.05, 4.69) is 67.6 Å². The van der Waals surface area contributed by atoms with Crippen LogP contribution in [0.2, 0.25) is 0 Å². The highest BCUT2D eigenvalue weighted by Crippen LogP contribution is 2.44. The molecule has 1 aliphatic rings. The summed E-state index contributed by atoms with van der Waals surface area (Å²) in [5.74, 6) is 1.62. The fraction of sp³-hybridized carbons (Fsp3) is 0.296. The fourth-order valence-electron chi connectivity index (χ4n) is 4.54. The molecule has 0 spiro atoms. The Hall–Kier alpha value is -2.85. The van der Waals surface area contributed by atoms with Crippen molar-refractivity contribution in [2.75, 3.05) is 7.11 Å². The second-order valence-corrected chi connectivity index (χ2v) is 9.40. The zero-order valence-corrected chi connectivity index (χ0v) is 18.8. The molecule has 1 atom stereocenters. The molecule has 1 aliphatic carbocycles. The molecule has 0 radical (unpaired) electrons. The predicted molar refractivity (Wildman–Crippen MR) is 127 cm³/mol. The molecule has 4 aromatic rings. The molecule has 0 bridgehead atoms. The maximum absolute atomic E-state index is 6.42. The molecule has 0 N–H and O–H groups in total. The van der Waals surface area contributed by atoms with Crippen LogP contribution in [0.15, 0.2) is 72.8 Å². The van der Waals surface area contributed by atoms with Crippen molar-refractivity contribution in [2.24, 2.45) is 0 Å². The number of hydrogen-bond donors (Lipinski definition) is 0. The molecule has 3 aromatic carbocycles. The van der Waals surface area contributed by atoms with Crippen LogP contribution < -0.4 is 9.47 Å². The van der Waals surface area contributed by atoms with Gasteiger partial charge in [-0.25, -0.2) is 4.98 Å². The summed E-state index contributed by atoms with van der Waals surface area (Å²) in [6.07, 6.45) is 4.97. The van der Waals surface area contributed by atoms with Gasteiger partial charge in [-0.3, -0.25) is 0 Å². The highest BCUT2D eigenvalue weighted by molar-refractivity contribution is 7.18. The van der Waals surface area contributed by atoms with Crippen molar-refractivity contribution in [1.29, 1.82) is 0 Å². The highest BCUT2D eigenvalue weighted by Gasteiger charge is 2.35. The van der Waals surface area contributed by atoms with Crippen LogP contribution in [-0.4, -0.2) is 18.2 Å². The third-order valence-electron chi connectivity index (χ3n) is 6.41. The van der Waals surface area contributed by atoms with Gasteiger partial charge in [0, 0.05) is 0 Å². The Morgan fingerprint density at radius 2 is 1.61 bits per heavy atom. The standard InChI is InChI=1S/C27H27NO2S/c1-27(19-10-4-3-5-11-19,26-28-22-14-8-9-15-25(22)31-26)20-16-17-23(29-2)24(18-20)30-21-12-6-7-13-21/h3-5,8-11,14-18,21H,6-7,12-13H2,1-2H3. The summed E-state index contributed by atoms with van der Waals surface area (Å²) in [5, 5.41) is 1.08. The Kier molecular flexibility index (Phi) is 5.41. The van der Waals surface area contributed by atoms with Crippen molar-refractivity contribution >= 4 is 21.6 Å². The van der Waals surface area contributed by atoms with Gasteiger partial charge in [-0.05, 0) is 68.0 Å². The number of nitrogens with zero attached hydrogens (tertiary/aromatic N) is 1. The number of methoxy groups -OCH3 is 1. The van der Waals surface area contributed by atoms with E-state index in [9.17, 15) is 0 Å². The molecule has 0 aliphatic heterocycles. The summed E-state index contributed by atoms with van der Waals surface area (Å²) in [5.41, 5.74) is 3.02. The van der Waals surface area contributed by atoms with Gasteiger partial charge in [0.05, 0.1) is 28.8 Å². The number of hydrogen-bond acceptors (Lipinski definition) is 4. The van der Waals surface area contributed by atoms with Gasteiger partial charge in [0.25, 0.3) is 0 Å². The molecule has 0 saturated heterocycles. The molecule has 1 saturated carbocycles. The monoisotopic (exact) mass is 429 g/mol. The number of rotatable bonds is 6. The normalized spacial score (nSPS) is 16.3. The molecule has 31 heavy (non-hydrogen) atoms. The van der Waals surface area contributed by atoms with Crippen molar-refractivity contribution in [3.05, 3.63) is 88.9 Å². The second kappa shape index (κ2) is 8.35. The number of ether oxygens (including phenoxy) is 2. The summed E-state index contributed by atoms with van der Waals surface area (Å²) in [4.78, 5) is 5.06. The number of aromatic nitrogens is 1. The van der Waals surface area contributed by atoms with Crippen LogP contribution in [0.25, 0.3) is 10.2 Å². The molecule has 1 unspecified atom stereocenters. The molecule has 5 rings (SSSR count). The lowest BCUT2D eigenvalue weighted by atomic mass is 9.76. The average Bonchev–Trinajstić information content (AvgIpc) is 3.49. The lowest BCUT2D eigenvalue weighted by Gasteiger charge is -2.30. The molecule has 0 amide bonds. The Balaban J connectivity index is 1.66.